The van der Waals surface area contributed by atoms with E-state index in [2.05, 4.69) is 27.7 Å². The minimum Gasteiger partial charge on any atom is -0.0625 e. The van der Waals surface area contributed by atoms with Gasteiger partial charge in [0.25, 0.3) is 0 Å². The van der Waals surface area contributed by atoms with Crippen LogP contribution in [-0.4, -0.2) is 0 Å². The molecule has 0 N–H and O–H groups in total. The van der Waals surface area contributed by atoms with Gasteiger partial charge in [-0.15, -0.1) is 0 Å². The van der Waals surface area contributed by atoms with Crippen molar-refractivity contribution < 1.29 is 0 Å². The Morgan fingerprint density at radius 3 is 2.24 bits per heavy atom. The Morgan fingerprint density at radius 1 is 0.714 bits per heavy atom. The molecule has 4 rings (SSSR count). The second-order valence-electron chi connectivity index (χ2n) is 10.1. The van der Waals surface area contributed by atoms with Crippen LogP contribution in [0.4, 0.5) is 0 Å². The first-order chi connectivity index (χ1) is 9.95. The van der Waals surface area contributed by atoms with Gasteiger partial charge in [-0.2, -0.15) is 0 Å². The van der Waals surface area contributed by atoms with E-state index in [1.54, 1.807) is 32.1 Å². The minimum absolute atomic E-state index is 0.701. The number of fused-ring (bicyclic) bond motifs is 5. The summed E-state index contributed by atoms with van der Waals surface area (Å²) < 4.78 is 0. The third kappa shape index (κ3) is 1.93. The molecule has 120 valence electrons. The van der Waals surface area contributed by atoms with Gasteiger partial charge in [0.2, 0.25) is 0 Å². The summed E-state index contributed by atoms with van der Waals surface area (Å²) in [6.45, 7) is 10.4. The van der Waals surface area contributed by atoms with Gasteiger partial charge in [0.05, 0.1) is 0 Å². The van der Waals surface area contributed by atoms with Crippen LogP contribution in [0.3, 0.4) is 0 Å². The van der Waals surface area contributed by atoms with E-state index in [-0.39, 0.29) is 0 Å². The Balaban J connectivity index is 1.62. The van der Waals surface area contributed by atoms with Crippen molar-refractivity contribution in [3.05, 3.63) is 0 Å². The van der Waals surface area contributed by atoms with Crippen LogP contribution in [0.1, 0.15) is 85.5 Å². The van der Waals surface area contributed by atoms with Gasteiger partial charge in [-0.05, 0) is 97.7 Å². The van der Waals surface area contributed by atoms with Gasteiger partial charge in [0, 0.05) is 0 Å². The predicted octanol–water partition coefficient (Wildman–Crippen LogP) is 6.30. The molecule has 0 spiro atoms. The molecular formula is C21H36. The van der Waals surface area contributed by atoms with Gasteiger partial charge >= 0.3 is 0 Å². The molecule has 3 unspecified atom stereocenters. The highest BCUT2D eigenvalue weighted by atomic mass is 14.6. The lowest BCUT2D eigenvalue weighted by atomic mass is 9.44. The third-order valence-electron chi connectivity index (χ3n) is 9.40. The standard InChI is InChI=1S/C21H36/c1-14-9-11-21(4)16(13-14)6-7-17-18-8-5-15(2)20(18,3)12-10-19(17)21/h14-19H,5-13H2,1-4H3/t14-,15-,16-,17+,18?,19?,20?,21-/m0/s1. The van der Waals surface area contributed by atoms with Crippen molar-refractivity contribution in [1.82, 2.24) is 0 Å². The van der Waals surface area contributed by atoms with Crippen molar-refractivity contribution in [2.75, 3.05) is 0 Å². The van der Waals surface area contributed by atoms with E-state index < -0.39 is 0 Å². The van der Waals surface area contributed by atoms with Crippen LogP contribution in [0, 0.1) is 46.3 Å². The third-order valence-corrected chi connectivity index (χ3v) is 9.40. The number of hydrogen-bond acceptors (Lipinski definition) is 0. The fraction of sp³-hybridized carbons (Fsp3) is 1.00. The maximum Gasteiger partial charge on any atom is -0.0266 e. The van der Waals surface area contributed by atoms with Gasteiger partial charge in [0.15, 0.2) is 0 Å². The second-order valence-corrected chi connectivity index (χ2v) is 10.1. The quantitative estimate of drug-likeness (QED) is 0.490. The Hall–Kier alpha value is 0. The van der Waals surface area contributed by atoms with Crippen molar-refractivity contribution in [3.63, 3.8) is 0 Å². The monoisotopic (exact) mass is 288 g/mol. The summed E-state index contributed by atoms with van der Waals surface area (Å²) in [5, 5.41) is 0. The van der Waals surface area contributed by atoms with Crippen LogP contribution in [0.5, 0.6) is 0 Å². The molecule has 0 aromatic heterocycles. The van der Waals surface area contributed by atoms with Crippen LogP contribution in [0.15, 0.2) is 0 Å². The van der Waals surface area contributed by atoms with E-state index in [1.807, 2.05) is 0 Å². The summed E-state index contributed by atoms with van der Waals surface area (Å²) in [5.74, 6) is 6.28. The summed E-state index contributed by atoms with van der Waals surface area (Å²) in [5.41, 5.74) is 1.41. The first-order valence-electron chi connectivity index (χ1n) is 9.95. The lowest BCUT2D eigenvalue weighted by molar-refractivity contribution is -0.115. The van der Waals surface area contributed by atoms with Crippen LogP contribution < -0.4 is 0 Å². The van der Waals surface area contributed by atoms with E-state index in [0.717, 1.165) is 35.5 Å². The topological polar surface area (TPSA) is 0 Å². The van der Waals surface area contributed by atoms with Crippen molar-refractivity contribution >= 4 is 0 Å². The fourth-order valence-electron chi connectivity index (χ4n) is 7.74. The summed E-state index contributed by atoms with van der Waals surface area (Å²) >= 11 is 0. The van der Waals surface area contributed by atoms with Crippen molar-refractivity contribution in [2.45, 2.75) is 85.5 Å². The highest BCUT2D eigenvalue weighted by Gasteiger charge is 2.59. The molecule has 0 radical (unpaired) electrons. The average Bonchev–Trinajstić information content (AvgIpc) is 2.76. The maximum absolute atomic E-state index is 2.71. The predicted molar refractivity (Wildman–Crippen MR) is 90.1 cm³/mol. The fourth-order valence-corrected chi connectivity index (χ4v) is 7.74. The molecule has 21 heavy (non-hydrogen) atoms. The van der Waals surface area contributed by atoms with E-state index in [1.165, 1.54) is 25.7 Å². The molecule has 4 fully saturated rings. The molecule has 0 amide bonds. The molecule has 4 saturated carbocycles. The Kier molecular flexibility index (Phi) is 3.30. The Morgan fingerprint density at radius 2 is 1.43 bits per heavy atom. The lowest BCUT2D eigenvalue weighted by Crippen LogP contribution is -2.53. The zero-order valence-electron chi connectivity index (χ0n) is 14.8. The smallest absolute Gasteiger partial charge is 0.0266 e. The molecule has 0 saturated heterocycles. The first-order valence-corrected chi connectivity index (χ1v) is 9.95. The molecule has 4 aliphatic rings. The van der Waals surface area contributed by atoms with Gasteiger partial charge in [-0.1, -0.05) is 34.1 Å². The minimum atomic E-state index is 0.701. The Labute approximate surface area is 132 Å². The molecule has 0 aromatic rings. The molecule has 4 aliphatic carbocycles. The van der Waals surface area contributed by atoms with Crippen molar-refractivity contribution in [1.29, 1.82) is 0 Å². The van der Waals surface area contributed by atoms with Crippen LogP contribution in [0.2, 0.25) is 0 Å². The van der Waals surface area contributed by atoms with E-state index in [9.17, 15) is 0 Å². The van der Waals surface area contributed by atoms with Crippen LogP contribution in [-0.2, 0) is 0 Å². The highest BCUT2D eigenvalue weighted by molar-refractivity contribution is 5.08. The highest BCUT2D eigenvalue weighted by Crippen LogP contribution is 2.67. The average molecular weight is 289 g/mol. The van der Waals surface area contributed by atoms with Gasteiger partial charge < -0.3 is 0 Å². The summed E-state index contributed by atoms with van der Waals surface area (Å²) in [7, 11) is 0. The molecule has 0 aliphatic heterocycles. The van der Waals surface area contributed by atoms with Gasteiger partial charge in [-0.3, -0.25) is 0 Å². The summed E-state index contributed by atoms with van der Waals surface area (Å²) in [4.78, 5) is 0. The second kappa shape index (κ2) is 4.75. The molecule has 0 nitrogen and oxygen atoms in total. The van der Waals surface area contributed by atoms with Gasteiger partial charge in [-0.25, -0.2) is 0 Å². The zero-order valence-corrected chi connectivity index (χ0v) is 14.8. The first kappa shape index (κ1) is 14.6. The van der Waals surface area contributed by atoms with E-state index >= 15 is 0 Å². The molecule has 0 aromatic carbocycles. The molecule has 0 heterocycles. The molecule has 0 bridgehead atoms. The van der Waals surface area contributed by atoms with Crippen LogP contribution in [0.25, 0.3) is 0 Å². The maximum atomic E-state index is 2.71. The number of rotatable bonds is 0. The normalized spacial score (nSPS) is 60.0. The van der Waals surface area contributed by atoms with Crippen molar-refractivity contribution in [3.8, 4) is 0 Å². The largest absolute Gasteiger partial charge is 0.0625 e. The lowest BCUT2D eigenvalue weighted by Gasteiger charge is -2.61. The summed E-state index contributed by atoms with van der Waals surface area (Å²) in [6, 6.07) is 0. The molecule has 0 heteroatoms. The van der Waals surface area contributed by atoms with Crippen molar-refractivity contribution in [2.24, 2.45) is 46.3 Å². The van der Waals surface area contributed by atoms with Gasteiger partial charge in [0.1, 0.15) is 0 Å². The zero-order chi connectivity index (χ0) is 14.8. The molecule has 8 atom stereocenters. The Bertz CT molecular complexity index is 412. The number of hydrogen-bond donors (Lipinski definition) is 0. The summed E-state index contributed by atoms with van der Waals surface area (Å²) in [6.07, 6.45) is 13.9. The van der Waals surface area contributed by atoms with Crippen LogP contribution >= 0.6 is 0 Å². The SMILES string of the molecule is C[C@H]1CC[C@]2(C)C3CCC4(C)C(CC[C@@H]4C)[C@H]3CC[C@H]2C1. The van der Waals surface area contributed by atoms with E-state index in [4.69, 9.17) is 0 Å². The molecular weight excluding hydrogens is 252 g/mol. The van der Waals surface area contributed by atoms with E-state index in [0.29, 0.717) is 10.8 Å².